The standard InChI is InChI=1S/C25H24BrN3O3/c1-17-24-22(11-12-27-17)21-10-9-20(31-2)16-23(21)29(24)14-13-28-25(30)32-15-3-4-18-5-7-19(26)8-6-18/h3-12,16H,13-15H2,1-2H3,(H,28,30)/b4-3+. The van der Waals surface area contributed by atoms with E-state index in [0.29, 0.717) is 13.1 Å². The van der Waals surface area contributed by atoms with Gasteiger partial charge < -0.3 is 19.4 Å². The van der Waals surface area contributed by atoms with E-state index in [4.69, 9.17) is 9.47 Å². The molecule has 2 aromatic heterocycles. The normalized spacial score (nSPS) is 11.3. The molecule has 1 N–H and O–H groups in total. The molecule has 6 nitrogen and oxygen atoms in total. The van der Waals surface area contributed by atoms with Gasteiger partial charge in [-0.1, -0.05) is 34.1 Å². The van der Waals surface area contributed by atoms with Crippen LogP contribution in [0.1, 0.15) is 11.3 Å². The molecule has 0 fully saturated rings. The minimum atomic E-state index is -0.446. The lowest BCUT2D eigenvalue weighted by atomic mass is 10.1. The van der Waals surface area contributed by atoms with E-state index in [-0.39, 0.29) is 6.61 Å². The fraction of sp³-hybridized carbons (Fsp3) is 0.200. The lowest BCUT2D eigenvalue weighted by Crippen LogP contribution is -2.28. The zero-order valence-corrected chi connectivity index (χ0v) is 19.6. The number of nitrogens with one attached hydrogen (secondary N) is 1. The van der Waals surface area contributed by atoms with E-state index in [2.05, 4.69) is 36.9 Å². The average Bonchev–Trinajstić information content (AvgIpc) is 3.12. The molecule has 0 aliphatic rings. The first-order chi connectivity index (χ1) is 15.6. The number of carbonyl (C=O) groups is 1. The van der Waals surface area contributed by atoms with Gasteiger partial charge in [0, 0.05) is 40.6 Å². The first-order valence-electron chi connectivity index (χ1n) is 10.3. The van der Waals surface area contributed by atoms with Gasteiger partial charge in [-0.05, 0) is 48.9 Å². The van der Waals surface area contributed by atoms with Crippen LogP contribution in [-0.2, 0) is 11.3 Å². The van der Waals surface area contributed by atoms with Crippen molar-refractivity contribution in [3.8, 4) is 5.75 Å². The Balaban J connectivity index is 1.40. The Hall–Kier alpha value is -3.32. The number of nitrogens with zero attached hydrogens (tertiary/aromatic N) is 2. The maximum Gasteiger partial charge on any atom is 0.407 e. The van der Waals surface area contributed by atoms with Crippen LogP contribution in [0.4, 0.5) is 4.79 Å². The van der Waals surface area contributed by atoms with Crippen LogP contribution in [0, 0.1) is 6.92 Å². The summed E-state index contributed by atoms with van der Waals surface area (Å²) in [6.07, 6.45) is 5.11. The van der Waals surface area contributed by atoms with E-state index in [0.717, 1.165) is 43.3 Å². The summed E-state index contributed by atoms with van der Waals surface area (Å²) in [5.41, 5.74) is 4.09. The first kappa shape index (κ1) is 21.9. The van der Waals surface area contributed by atoms with Crippen LogP contribution in [0.2, 0.25) is 0 Å². The molecule has 0 aliphatic heterocycles. The predicted molar refractivity (Wildman–Crippen MR) is 131 cm³/mol. The van der Waals surface area contributed by atoms with E-state index in [1.54, 1.807) is 7.11 Å². The zero-order chi connectivity index (χ0) is 22.5. The molecule has 32 heavy (non-hydrogen) atoms. The fourth-order valence-corrected chi connectivity index (χ4v) is 4.03. The number of ether oxygens (including phenoxy) is 2. The maximum absolute atomic E-state index is 12.1. The highest BCUT2D eigenvalue weighted by atomic mass is 79.9. The number of halogens is 1. The fourth-order valence-electron chi connectivity index (χ4n) is 3.76. The summed E-state index contributed by atoms with van der Waals surface area (Å²) in [5.74, 6) is 0.789. The highest BCUT2D eigenvalue weighted by Crippen LogP contribution is 2.32. The summed E-state index contributed by atoms with van der Waals surface area (Å²) >= 11 is 3.41. The summed E-state index contributed by atoms with van der Waals surface area (Å²) in [5, 5.41) is 5.10. The van der Waals surface area contributed by atoms with Crippen LogP contribution in [0.5, 0.6) is 5.75 Å². The molecular weight excluding hydrogens is 470 g/mol. The summed E-state index contributed by atoms with van der Waals surface area (Å²) in [6, 6.07) is 16.0. The molecule has 2 heterocycles. The Kier molecular flexibility index (Phi) is 6.75. The van der Waals surface area contributed by atoms with Gasteiger partial charge in [0.05, 0.1) is 23.8 Å². The quantitative estimate of drug-likeness (QED) is 0.358. The van der Waals surface area contributed by atoms with E-state index in [1.165, 1.54) is 0 Å². The van der Waals surface area contributed by atoms with Crippen molar-refractivity contribution >= 4 is 49.9 Å². The number of carbonyl (C=O) groups excluding carboxylic acids is 1. The van der Waals surface area contributed by atoms with Crippen molar-refractivity contribution in [2.75, 3.05) is 20.3 Å². The molecule has 0 unspecified atom stereocenters. The SMILES string of the molecule is COc1ccc2c3ccnc(C)c3n(CCNC(=O)OC/C=C/c3ccc(Br)cc3)c2c1. The molecule has 0 atom stereocenters. The van der Waals surface area contributed by atoms with Crippen molar-refractivity contribution in [1.82, 2.24) is 14.9 Å². The third-order valence-electron chi connectivity index (χ3n) is 5.26. The topological polar surface area (TPSA) is 65.4 Å². The summed E-state index contributed by atoms with van der Waals surface area (Å²) < 4.78 is 13.9. The highest BCUT2D eigenvalue weighted by Gasteiger charge is 2.14. The van der Waals surface area contributed by atoms with Crippen molar-refractivity contribution in [1.29, 1.82) is 0 Å². The number of aromatic nitrogens is 2. The molecule has 7 heteroatoms. The Labute approximate surface area is 195 Å². The van der Waals surface area contributed by atoms with E-state index in [9.17, 15) is 4.79 Å². The van der Waals surface area contributed by atoms with E-state index >= 15 is 0 Å². The van der Waals surface area contributed by atoms with Crippen LogP contribution in [0.3, 0.4) is 0 Å². The molecule has 0 aliphatic carbocycles. The van der Waals surface area contributed by atoms with Crippen LogP contribution in [0.15, 0.2) is 65.3 Å². The lowest BCUT2D eigenvalue weighted by molar-refractivity contribution is 0.158. The van der Waals surface area contributed by atoms with Crippen LogP contribution < -0.4 is 10.1 Å². The van der Waals surface area contributed by atoms with Crippen LogP contribution in [0.25, 0.3) is 27.9 Å². The highest BCUT2D eigenvalue weighted by molar-refractivity contribution is 9.10. The molecule has 0 radical (unpaired) electrons. The number of methoxy groups -OCH3 is 1. The van der Waals surface area contributed by atoms with Crippen LogP contribution >= 0.6 is 15.9 Å². The molecule has 4 aromatic rings. The number of hydrogen-bond donors (Lipinski definition) is 1. The molecule has 0 saturated heterocycles. The molecular formula is C25H24BrN3O3. The minimum Gasteiger partial charge on any atom is -0.497 e. The van der Waals surface area contributed by atoms with Gasteiger partial charge in [0.1, 0.15) is 12.4 Å². The van der Waals surface area contributed by atoms with Crippen molar-refractivity contribution in [3.63, 3.8) is 0 Å². The third-order valence-corrected chi connectivity index (χ3v) is 5.79. The number of fused-ring (bicyclic) bond motifs is 3. The van der Waals surface area contributed by atoms with Crippen molar-refractivity contribution in [2.24, 2.45) is 0 Å². The first-order valence-corrected chi connectivity index (χ1v) is 11.1. The number of alkyl carbamates (subject to hydrolysis) is 1. The van der Waals surface area contributed by atoms with Crippen molar-refractivity contribution in [3.05, 3.63) is 76.5 Å². The molecule has 1 amide bonds. The molecule has 0 bridgehead atoms. The van der Waals surface area contributed by atoms with Gasteiger partial charge in [-0.3, -0.25) is 4.98 Å². The van der Waals surface area contributed by atoms with Gasteiger partial charge in [0.2, 0.25) is 0 Å². The van der Waals surface area contributed by atoms with E-state index < -0.39 is 6.09 Å². The Morgan fingerprint density at radius 2 is 1.97 bits per heavy atom. The molecule has 0 saturated carbocycles. The second-order valence-corrected chi connectivity index (χ2v) is 8.22. The minimum absolute atomic E-state index is 0.206. The smallest absolute Gasteiger partial charge is 0.407 e. The molecule has 0 spiro atoms. The number of hydrogen-bond acceptors (Lipinski definition) is 4. The second kappa shape index (κ2) is 9.87. The van der Waals surface area contributed by atoms with Gasteiger partial charge in [0.15, 0.2) is 0 Å². The van der Waals surface area contributed by atoms with Gasteiger partial charge in [-0.25, -0.2) is 4.79 Å². The third kappa shape index (κ3) is 4.78. The largest absolute Gasteiger partial charge is 0.497 e. The predicted octanol–water partition coefficient (Wildman–Crippen LogP) is 5.71. The molecule has 2 aromatic carbocycles. The van der Waals surface area contributed by atoms with E-state index in [1.807, 2.05) is 67.7 Å². The Morgan fingerprint density at radius 3 is 2.75 bits per heavy atom. The summed E-state index contributed by atoms with van der Waals surface area (Å²) in [7, 11) is 1.66. The summed E-state index contributed by atoms with van der Waals surface area (Å²) in [6.45, 7) is 3.22. The number of amides is 1. The number of benzene rings is 2. The van der Waals surface area contributed by atoms with Crippen LogP contribution in [-0.4, -0.2) is 35.9 Å². The van der Waals surface area contributed by atoms with Gasteiger partial charge in [-0.2, -0.15) is 0 Å². The lowest BCUT2D eigenvalue weighted by Gasteiger charge is -2.10. The number of aryl methyl sites for hydroxylation is 1. The molecule has 164 valence electrons. The van der Waals surface area contributed by atoms with Gasteiger partial charge in [0.25, 0.3) is 0 Å². The van der Waals surface area contributed by atoms with Gasteiger partial charge in [-0.15, -0.1) is 0 Å². The number of pyridine rings is 1. The molecule has 4 rings (SSSR count). The van der Waals surface area contributed by atoms with Crippen molar-refractivity contribution in [2.45, 2.75) is 13.5 Å². The zero-order valence-electron chi connectivity index (χ0n) is 18.0. The second-order valence-electron chi connectivity index (χ2n) is 7.31. The Morgan fingerprint density at radius 1 is 1.16 bits per heavy atom. The summed E-state index contributed by atoms with van der Waals surface area (Å²) in [4.78, 5) is 16.6. The van der Waals surface area contributed by atoms with Gasteiger partial charge >= 0.3 is 6.09 Å². The monoisotopic (exact) mass is 493 g/mol. The maximum atomic E-state index is 12.1. The average molecular weight is 494 g/mol. The number of rotatable bonds is 7. The Bertz CT molecular complexity index is 1280. The van der Waals surface area contributed by atoms with Crippen molar-refractivity contribution < 1.29 is 14.3 Å².